The van der Waals surface area contributed by atoms with Crippen molar-refractivity contribution in [2.75, 3.05) is 0 Å². The van der Waals surface area contributed by atoms with Crippen LogP contribution in [0.25, 0.3) is 28.4 Å². The second-order valence-electron chi connectivity index (χ2n) is 6.39. The van der Waals surface area contributed by atoms with Gasteiger partial charge >= 0.3 is 0 Å². The number of hydrogen-bond donors (Lipinski definition) is 1. The van der Waals surface area contributed by atoms with Crippen LogP contribution in [-0.4, -0.2) is 14.5 Å². The predicted molar refractivity (Wildman–Crippen MR) is 118 cm³/mol. The molecule has 1 N–H and O–H groups in total. The summed E-state index contributed by atoms with van der Waals surface area (Å²) < 4.78 is 3.41. The minimum absolute atomic E-state index is 0.522. The summed E-state index contributed by atoms with van der Waals surface area (Å²) in [6.07, 6.45) is 1.91. The maximum Gasteiger partial charge on any atom is 0.149 e. The highest BCUT2D eigenvalue weighted by Gasteiger charge is 2.14. The van der Waals surface area contributed by atoms with Gasteiger partial charge in [-0.05, 0) is 78.4 Å². The van der Waals surface area contributed by atoms with Crippen LogP contribution in [0.1, 0.15) is 22.8 Å². The van der Waals surface area contributed by atoms with Crippen molar-refractivity contribution in [2.45, 2.75) is 13.8 Å². The van der Waals surface area contributed by atoms with Gasteiger partial charge in [0.05, 0.1) is 22.3 Å². The van der Waals surface area contributed by atoms with Crippen LogP contribution in [0.4, 0.5) is 0 Å². The Labute approximate surface area is 171 Å². The minimum atomic E-state index is 0.522. The third-order valence-electron chi connectivity index (χ3n) is 4.63. The molecule has 0 atom stereocenters. The maximum atomic E-state index is 9.71. The van der Waals surface area contributed by atoms with Crippen LogP contribution < -0.4 is 0 Å². The van der Waals surface area contributed by atoms with E-state index in [1.54, 1.807) is 0 Å². The number of benzene rings is 2. The molecular formula is C22H17IN4. The van der Waals surface area contributed by atoms with Crippen LogP contribution in [0.2, 0.25) is 0 Å². The largest absolute Gasteiger partial charge is 0.337 e. The van der Waals surface area contributed by atoms with E-state index in [2.05, 4.69) is 75.2 Å². The lowest BCUT2D eigenvalue weighted by atomic mass is 10.1. The number of para-hydroxylation sites is 3. The van der Waals surface area contributed by atoms with Crippen molar-refractivity contribution in [3.8, 4) is 11.8 Å². The number of imidazole rings is 1. The molecule has 0 bridgehead atoms. The molecule has 0 aliphatic heterocycles. The third kappa shape index (κ3) is 3.17. The molecule has 4 nitrogen and oxygen atoms in total. The lowest BCUT2D eigenvalue weighted by molar-refractivity contribution is 0.958. The smallest absolute Gasteiger partial charge is 0.149 e. The Morgan fingerprint density at radius 1 is 1.15 bits per heavy atom. The van der Waals surface area contributed by atoms with Crippen LogP contribution in [0.3, 0.4) is 0 Å². The fraction of sp³-hybridized carbons (Fsp3) is 0.0909. The molecule has 0 unspecified atom stereocenters. The first-order valence-corrected chi connectivity index (χ1v) is 9.67. The number of nitriles is 1. The van der Waals surface area contributed by atoms with E-state index in [0.717, 1.165) is 33.7 Å². The van der Waals surface area contributed by atoms with Gasteiger partial charge in [0.2, 0.25) is 0 Å². The summed E-state index contributed by atoms with van der Waals surface area (Å²) in [6, 6.07) is 20.5. The standard InChI is InChI=1S/C22H17IN4/c1-14-11-16(15(2)27(14)21-10-6-3-7-18(21)23)12-17(13-24)22-25-19-8-4-5-9-20(19)26-22/h3-12H,1-2H3,(H,25,26). The number of nitrogens with one attached hydrogen (secondary N) is 1. The SMILES string of the molecule is Cc1cc(C=C(C#N)c2nc3ccccc3[nH]2)c(C)n1-c1ccccc1I. The number of aryl methyl sites for hydroxylation is 1. The molecular weight excluding hydrogens is 447 g/mol. The molecule has 4 aromatic rings. The van der Waals surface area contributed by atoms with Gasteiger partial charge in [-0.1, -0.05) is 24.3 Å². The van der Waals surface area contributed by atoms with Crippen molar-refractivity contribution in [3.05, 3.63) is 80.9 Å². The lowest BCUT2D eigenvalue weighted by Crippen LogP contribution is -2.01. The molecule has 0 saturated carbocycles. The Morgan fingerprint density at radius 2 is 1.89 bits per heavy atom. The Kier molecular flexibility index (Phi) is 4.58. The summed E-state index contributed by atoms with van der Waals surface area (Å²) in [5.41, 5.74) is 6.70. The average Bonchev–Trinajstić information content (AvgIpc) is 3.21. The van der Waals surface area contributed by atoms with E-state index < -0.39 is 0 Å². The van der Waals surface area contributed by atoms with Crippen molar-refractivity contribution in [3.63, 3.8) is 0 Å². The van der Waals surface area contributed by atoms with Gasteiger partial charge in [0.1, 0.15) is 11.9 Å². The van der Waals surface area contributed by atoms with Crippen molar-refractivity contribution in [1.82, 2.24) is 14.5 Å². The Bertz CT molecular complexity index is 1190. The Morgan fingerprint density at radius 3 is 2.63 bits per heavy atom. The molecule has 0 aliphatic carbocycles. The molecule has 0 fully saturated rings. The highest BCUT2D eigenvalue weighted by Crippen LogP contribution is 2.27. The Hall–Kier alpha value is -2.85. The monoisotopic (exact) mass is 464 g/mol. The molecule has 0 amide bonds. The van der Waals surface area contributed by atoms with Gasteiger partial charge in [-0.2, -0.15) is 5.26 Å². The summed E-state index contributed by atoms with van der Waals surface area (Å²) in [4.78, 5) is 7.80. The van der Waals surface area contributed by atoms with E-state index in [0.29, 0.717) is 11.4 Å². The molecule has 0 aliphatic rings. The zero-order valence-electron chi connectivity index (χ0n) is 15.0. The highest BCUT2D eigenvalue weighted by atomic mass is 127. The zero-order chi connectivity index (χ0) is 19.0. The fourth-order valence-corrected chi connectivity index (χ4v) is 3.96. The maximum absolute atomic E-state index is 9.71. The second-order valence-corrected chi connectivity index (χ2v) is 7.55. The highest BCUT2D eigenvalue weighted by molar-refractivity contribution is 14.1. The van der Waals surface area contributed by atoms with E-state index in [1.807, 2.05) is 42.5 Å². The van der Waals surface area contributed by atoms with Gasteiger partial charge in [-0.25, -0.2) is 4.98 Å². The summed E-state index contributed by atoms with van der Waals surface area (Å²) in [5.74, 6) is 0.595. The molecule has 0 spiro atoms. The van der Waals surface area contributed by atoms with Crippen molar-refractivity contribution >= 4 is 45.3 Å². The van der Waals surface area contributed by atoms with Crippen molar-refractivity contribution in [1.29, 1.82) is 5.26 Å². The van der Waals surface area contributed by atoms with E-state index in [-0.39, 0.29) is 0 Å². The van der Waals surface area contributed by atoms with E-state index in [9.17, 15) is 5.26 Å². The number of H-pyrrole nitrogens is 1. The zero-order valence-corrected chi connectivity index (χ0v) is 17.2. The van der Waals surface area contributed by atoms with Crippen LogP contribution in [-0.2, 0) is 0 Å². The van der Waals surface area contributed by atoms with E-state index in [4.69, 9.17) is 0 Å². The van der Waals surface area contributed by atoms with Gasteiger partial charge in [0, 0.05) is 15.0 Å². The van der Waals surface area contributed by atoms with Crippen LogP contribution >= 0.6 is 22.6 Å². The van der Waals surface area contributed by atoms with Crippen LogP contribution in [0, 0.1) is 28.7 Å². The first-order chi connectivity index (χ1) is 13.1. The first-order valence-electron chi connectivity index (χ1n) is 8.59. The summed E-state index contributed by atoms with van der Waals surface area (Å²) in [7, 11) is 0. The van der Waals surface area contributed by atoms with Gasteiger partial charge in [-0.3, -0.25) is 0 Å². The molecule has 5 heteroatoms. The summed E-state index contributed by atoms with van der Waals surface area (Å²) >= 11 is 2.35. The van der Waals surface area contributed by atoms with Crippen LogP contribution in [0.5, 0.6) is 0 Å². The summed E-state index contributed by atoms with van der Waals surface area (Å²) in [5, 5.41) is 9.71. The predicted octanol–water partition coefficient (Wildman–Crippen LogP) is 5.64. The molecule has 4 rings (SSSR count). The van der Waals surface area contributed by atoms with Crippen LogP contribution in [0.15, 0.2) is 54.6 Å². The number of aromatic nitrogens is 3. The topological polar surface area (TPSA) is 57.4 Å². The number of nitrogens with zero attached hydrogens (tertiary/aromatic N) is 3. The Balaban J connectivity index is 1.82. The number of aromatic amines is 1. The number of halogens is 1. The van der Waals surface area contributed by atoms with Gasteiger partial charge in [-0.15, -0.1) is 0 Å². The third-order valence-corrected chi connectivity index (χ3v) is 5.54. The molecule has 132 valence electrons. The quantitative estimate of drug-likeness (QED) is 0.315. The molecule has 2 heterocycles. The first kappa shape index (κ1) is 17.6. The summed E-state index contributed by atoms with van der Waals surface area (Å²) in [6.45, 7) is 4.16. The van der Waals surface area contributed by atoms with Gasteiger partial charge in [0.15, 0.2) is 0 Å². The van der Waals surface area contributed by atoms with Gasteiger partial charge in [0.25, 0.3) is 0 Å². The lowest BCUT2D eigenvalue weighted by Gasteiger charge is -2.11. The minimum Gasteiger partial charge on any atom is -0.337 e. The average molecular weight is 464 g/mol. The molecule has 27 heavy (non-hydrogen) atoms. The van der Waals surface area contributed by atoms with Crippen molar-refractivity contribution < 1.29 is 0 Å². The fourth-order valence-electron chi connectivity index (χ4n) is 3.33. The number of fused-ring (bicyclic) bond motifs is 1. The molecule has 2 aromatic carbocycles. The molecule has 2 aromatic heterocycles. The second kappa shape index (κ2) is 7.05. The number of hydrogen-bond acceptors (Lipinski definition) is 2. The van der Waals surface area contributed by atoms with Crippen molar-refractivity contribution in [2.24, 2.45) is 0 Å². The van der Waals surface area contributed by atoms with Gasteiger partial charge < -0.3 is 9.55 Å². The normalized spacial score (nSPS) is 11.7. The molecule has 0 saturated heterocycles. The van der Waals surface area contributed by atoms with E-state index in [1.165, 1.54) is 3.57 Å². The van der Waals surface area contributed by atoms with E-state index >= 15 is 0 Å². The number of rotatable bonds is 3. The molecule has 0 radical (unpaired) electrons. The number of allylic oxidation sites excluding steroid dienone is 1.